The molecule has 18 heavy (non-hydrogen) atoms. The zero-order valence-electron chi connectivity index (χ0n) is 11.9. The van der Waals surface area contributed by atoms with Crippen LogP contribution in [0.1, 0.15) is 34.1 Å². The Morgan fingerprint density at radius 3 is 2.44 bits per heavy atom. The minimum atomic E-state index is -0.446. The fraction of sp³-hybridized carbons (Fsp3) is 0.846. The second-order valence-electron chi connectivity index (χ2n) is 5.18. The minimum Gasteiger partial charge on any atom is -0.383 e. The molecule has 1 aliphatic rings. The minimum absolute atomic E-state index is 0.0165. The Hall–Kier alpha value is -1.10. The number of hydrogen-bond donors (Lipinski definition) is 1. The van der Waals surface area contributed by atoms with Gasteiger partial charge in [-0.15, -0.1) is 0 Å². The van der Waals surface area contributed by atoms with Crippen LogP contribution < -0.4 is 5.32 Å². The molecule has 3 atom stereocenters. The molecular formula is C13H24N2O3. The first-order valence-corrected chi connectivity index (χ1v) is 6.55. The summed E-state index contributed by atoms with van der Waals surface area (Å²) >= 11 is 0. The third-order valence-corrected chi connectivity index (χ3v) is 3.41. The van der Waals surface area contributed by atoms with E-state index in [1.54, 1.807) is 18.9 Å². The van der Waals surface area contributed by atoms with Crippen LogP contribution in [-0.2, 0) is 14.3 Å². The summed E-state index contributed by atoms with van der Waals surface area (Å²) in [4.78, 5) is 26.1. The van der Waals surface area contributed by atoms with Crippen molar-refractivity contribution in [2.75, 3.05) is 13.7 Å². The number of ether oxygens (including phenoxy) is 1. The van der Waals surface area contributed by atoms with Crippen molar-refractivity contribution < 1.29 is 14.3 Å². The molecule has 5 nitrogen and oxygen atoms in total. The lowest BCUT2D eigenvalue weighted by Crippen LogP contribution is -2.66. The first-order chi connectivity index (χ1) is 8.43. The zero-order chi connectivity index (χ0) is 13.9. The molecule has 0 aromatic heterocycles. The van der Waals surface area contributed by atoms with Crippen LogP contribution in [-0.4, -0.2) is 48.6 Å². The highest BCUT2D eigenvalue weighted by Crippen LogP contribution is 2.21. The summed E-state index contributed by atoms with van der Waals surface area (Å²) in [6.45, 7) is 8.11. The van der Waals surface area contributed by atoms with Gasteiger partial charge < -0.3 is 15.0 Å². The highest BCUT2D eigenvalue weighted by Gasteiger charge is 2.42. The molecule has 1 heterocycles. The van der Waals surface area contributed by atoms with Gasteiger partial charge in [-0.25, -0.2) is 0 Å². The van der Waals surface area contributed by atoms with Gasteiger partial charge in [-0.2, -0.15) is 0 Å². The standard InChI is InChI=1S/C13H24N2O3/c1-6-10(7-18-5)15-11(8(2)3)12(16)14-9(4)13(15)17/h8-11H,6-7H2,1-5H3,(H,14,16). The van der Waals surface area contributed by atoms with E-state index in [4.69, 9.17) is 4.74 Å². The number of methoxy groups -OCH3 is 1. The zero-order valence-corrected chi connectivity index (χ0v) is 11.9. The second kappa shape index (κ2) is 6.18. The molecular weight excluding hydrogens is 232 g/mol. The number of piperazine rings is 1. The molecule has 1 N–H and O–H groups in total. The number of rotatable bonds is 5. The molecule has 5 heteroatoms. The molecule has 1 aliphatic heterocycles. The van der Waals surface area contributed by atoms with Crippen LogP contribution in [0, 0.1) is 5.92 Å². The lowest BCUT2D eigenvalue weighted by atomic mass is 9.95. The van der Waals surface area contributed by atoms with E-state index in [0.717, 1.165) is 6.42 Å². The van der Waals surface area contributed by atoms with Crippen LogP contribution in [0.15, 0.2) is 0 Å². The van der Waals surface area contributed by atoms with Gasteiger partial charge in [0.15, 0.2) is 0 Å². The van der Waals surface area contributed by atoms with Crippen LogP contribution >= 0.6 is 0 Å². The third kappa shape index (κ3) is 2.83. The summed E-state index contributed by atoms with van der Waals surface area (Å²) < 4.78 is 5.17. The van der Waals surface area contributed by atoms with Crippen LogP contribution in [0.3, 0.4) is 0 Å². The molecule has 2 amide bonds. The molecule has 0 aromatic rings. The highest BCUT2D eigenvalue weighted by molar-refractivity contribution is 5.97. The summed E-state index contributed by atoms with van der Waals surface area (Å²) in [5.74, 6) is 0.0104. The predicted molar refractivity (Wildman–Crippen MR) is 69.0 cm³/mol. The van der Waals surface area contributed by atoms with E-state index >= 15 is 0 Å². The van der Waals surface area contributed by atoms with E-state index in [1.165, 1.54) is 0 Å². The van der Waals surface area contributed by atoms with E-state index in [0.29, 0.717) is 6.61 Å². The van der Waals surface area contributed by atoms with Crippen molar-refractivity contribution in [3.63, 3.8) is 0 Å². The van der Waals surface area contributed by atoms with Gasteiger partial charge in [-0.1, -0.05) is 20.8 Å². The second-order valence-corrected chi connectivity index (χ2v) is 5.18. The number of carbonyl (C=O) groups excluding carboxylic acids is 2. The Bertz CT molecular complexity index is 317. The Balaban J connectivity index is 3.04. The largest absolute Gasteiger partial charge is 0.383 e. The molecule has 0 aliphatic carbocycles. The van der Waals surface area contributed by atoms with Crippen LogP contribution in [0.5, 0.6) is 0 Å². The van der Waals surface area contributed by atoms with Crippen molar-refractivity contribution >= 4 is 11.8 Å². The van der Waals surface area contributed by atoms with Gasteiger partial charge >= 0.3 is 0 Å². The molecule has 3 unspecified atom stereocenters. The van der Waals surface area contributed by atoms with Gasteiger partial charge in [-0.05, 0) is 19.3 Å². The van der Waals surface area contributed by atoms with Crippen molar-refractivity contribution in [2.45, 2.75) is 52.2 Å². The van der Waals surface area contributed by atoms with Crippen molar-refractivity contribution in [2.24, 2.45) is 5.92 Å². The fourth-order valence-corrected chi connectivity index (χ4v) is 2.47. The van der Waals surface area contributed by atoms with Gasteiger partial charge in [0, 0.05) is 7.11 Å². The van der Waals surface area contributed by atoms with E-state index in [-0.39, 0.29) is 23.8 Å². The smallest absolute Gasteiger partial charge is 0.245 e. The monoisotopic (exact) mass is 256 g/mol. The van der Waals surface area contributed by atoms with Gasteiger partial charge in [0.1, 0.15) is 12.1 Å². The summed E-state index contributed by atoms with van der Waals surface area (Å²) in [5.41, 5.74) is 0. The van der Waals surface area contributed by atoms with Crippen LogP contribution in [0.25, 0.3) is 0 Å². The molecule has 0 saturated carbocycles. The molecule has 0 bridgehead atoms. The molecule has 1 saturated heterocycles. The third-order valence-electron chi connectivity index (χ3n) is 3.41. The number of nitrogens with one attached hydrogen (secondary N) is 1. The maximum Gasteiger partial charge on any atom is 0.245 e. The molecule has 1 fully saturated rings. The molecule has 0 radical (unpaired) electrons. The number of nitrogens with zero attached hydrogens (tertiary/aromatic N) is 1. The Labute approximate surface area is 109 Å². The summed E-state index contributed by atoms with van der Waals surface area (Å²) in [7, 11) is 1.62. The number of amides is 2. The lowest BCUT2D eigenvalue weighted by Gasteiger charge is -2.44. The SMILES string of the molecule is CCC(COC)N1C(=O)C(C)NC(=O)C1C(C)C. The molecule has 0 spiro atoms. The maximum absolute atomic E-state index is 12.3. The molecule has 1 rings (SSSR count). The first kappa shape index (κ1) is 15.0. The van der Waals surface area contributed by atoms with Crippen LogP contribution in [0.4, 0.5) is 0 Å². The van der Waals surface area contributed by atoms with E-state index in [9.17, 15) is 9.59 Å². The molecule has 104 valence electrons. The summed E-state index contributed by atoms with van der Waals surface area (Å²) in [6, 6.07) is -0.879. The molecule has 0 aromatic carbocycles. The Kier molecular flexibility index (Phi) is 5.14. The van der Waals surface area contributed by atoms with E-state index < -0.39 is 12.1 Å². The van der Waals surface area contributed by atoms with Crippen molar-refractivity contribution in [1.82, 2.24) is 10.2 Å². The van der Waals surface area contributed by atoms with Crippen LogP contribution in [0.2, 0.25) is 0 Å². The summed E-state index contributed by atoms with van der Waals surface area (Å²) in [6.07, 6.45) is 0.781. The highest BCUT2D eigenvalue weighted by atomic mass is 16.5. The normalized spacial score (nSPS) is 26.4. The predicted octanol–water partition coefficient (Wildman–Crippen LogP) is 0.783. The van der Waals surface area contributed by atoms with Gasteiger partial charge in [-0.3, -0.25) is 9.59 Å². The quantitative estimate of drug-likeness (QED) is 0.791. The fourth-order valence-electron chi connectivity index (χ4n) is 2.47. The number of hydrogen-bond acceptors (Lipinski definition) is 3. The first-order valence-electron chi connectivity index (χ1n) is 6.55. The van der Waals surface area contributed by atoms with Gasteiger partial charge in [0.25, 0.3) is 0 Å². The Morgan fingerprint density at radius 1 is 1.39 bits per heavy atom. The van der Waals surface area contributed by atoms with Crippen molar-refractivity contribution in [3.05, 3.63) is 0 Å². The van der Waals surface area contributed by atoms with Crippen molar-refractivity contribution in [3.8, 4) is 0 Å². The van der Waals surface area contributed by atoms with Gasteiger partial charge in [0.2, 0.25) is 11.8 Å². The Morgan fingerprint density at radius 2 is 2.00 bits per heavy atom. The van der Waals surface area contributed by atoms with E-state index in [1.807, 2.05) is 20.8 Å². The average molecular weight is 256 g/mol. The van der Waals surface area contributed by atoms with E-state index in [2.05, 4.69) is 5.32 Å². The maximum atomic E-state index is 12.3. The topological polar surface area (TPSA) is 58.6 Å². The average Bonchev–Trinajstić information content (AvgIpc) is 2.30. The lowest BCUT2D eigenvalue weighted by molar-refractivity contribution is -0.155. The van der Waals surface area contributed by atoms with Crippen molar-refractivity contribution in [1.29, 1.82) is 0 Å². The van der Waals surface area contributed by atoms with Gasteiger partial charge in [0.05, 0.1) is 12.6 Å². The summed E-state index contributed by atoms with van der Waals surface area (Å²) in [5, 5.41) is 2.74. The number of carbonyl (C=O) groups is 2.